The topological polar surface area (TPSA) is 37.8 Å². The number of pyridine rings is 1. The highest BCUT2D eigenvalue weighted by Gasteiger charge is 2.06. The van der Waals surface area contributed by atoms with Crippen molar-refractivity contribution < 1.29 is 0 Å². The first-order chi connectivity index (χ1) is 8.19. The van der Waals surface area contributed by atoms with Gasteiger partial charge in [-0.15, -0.1) is 11.3 Å². The molecule has 0 atom stereocenters. The molecule has 4 heteroatoms. The number of aryl methyl sites for hydroxylation is 2. The van der Waals surface area contributed by atoms with Gasteiger partial charge in [-0.25, -0.2) is 4.98 Å². The molecule has 17 heavy (non-hydrogen) atoms. The largest absolute Gasteiger partial charge is 0.312 e. The lowest BCUT2D eigenvalue weighted by Crippen LogP contribution is -2.10. The summed E-state index contributed by atoms with van der Waals surface area (Å²) in [6.45, 7) is 8.03. The molecule has 90 valence electrons. The van der Waals surface area contributed by atoms with Crippen LogP contribution in [0.2, 0.25) is 0 Å². The number of hydrogen-bond donors (Lipinski definition) is 1. The third kappa shape index (κ3) is 3.11. The summed E-state index contributed by atoms with van der Waals surface area (Å²) in [5, 5.41) is 4.39. The van der Waals surface area contributed by atoms with Gasteiger partial charge in [0.05, 0.1) is 0 Å². The van der Waals surface area contributed by atoms with Gasteiger partial charge in [-0.2, -0.15) is 0 Å². The Labute approximate surface area is 106 Å². The van der Waals surface area contributed by atoms with E-state index < -0.39 is 0 Å². The number of aromatic nitrogens is 2. The van der Waals surface area contributed by atoms with Crippen molar-refractivity contribution >= 4 is 11.3 Å². The summed E-state index contributed by atoms with van der Waals surface area (Å²) in [7, 11) is 0. The van der Waals surface area contributed by atoms with E-state index in [2.05, 4.69) is 34.3 Å². The maximum absolute atomic E-state index is 4.47. The van der Waals surface area contributed by atoms with E-state index in [1.54, 1.807) is 11.3 Å². The molecule has 0 radical (unpaired) electrons. The highest BCUT2D eigenvalue weighted by molar-refractivity contribution is 7.15. The van der Waals surface area contributed by atoms with E-state index >= 15 is 0 Å². The smallest absolute Gasteiger partial charge is 0.123 e. The normalized spacial score (nSPS) is 10.8. The Morgan fingerprint density at radius 1 is 1.24 bits per heavy atom. The van der Waals surface area contributed by atoms with E-state index in [4.69, 9.17) is 0 Å². The Morgan fingerprint density at radius 3 is 2.59 bits per heavy atom. The number of nitrogens with one attached hydrogen (secondary N) is 1. The van der Waals surface area contributed by atoms with Crippen LogP contribution in [0.25, 0.3) is 10.6 Å². The zero-order valence-electron chi connectivity index (χ0n) is 10.4. The predicted octanol–water partition coefficient (Wildman–Crippen LogP) is 2.93. The summed E-state index contributed by atoms with van der Waals surface area (Å²) in [5.41, 5.74) is 3.26. The fourth-order valence-corrected chi connectivity index (χ4v) is 2.60. The first-order valence-electron chi connectivity index (χ1n) is 5.80. The standard InChI is InChI=1S/C13H17N3S/c1-4-14-7-12-8-15-13(17-12)11-5-9(2)16-10(3)6-11/h5-6,8,14H,4,7H2,1-3H3. The molecule has 0 bridgehead atoms. The molecule has 0 saturated carbocycles. The summed E-state index contributed by atoms with van der Waals surface area (Å²) >= 11 is 1.74. The van der Waals surface area contributed by atoms with Crippen molar-refractivity contribution in [2.75, 3.05) is 6.54 Å². The van der Waals surface area contributed by atoms with Crippen LogP contribution in [-0.2, 0) is 6.54 Å². The fraction of sp³-hybridized carbons (Fsp3) is 0.385. The highest BCUT2D eigenvalue weighted by Crippen LogP contribution is 2.25. The average Bonchev–Trinajstić information content (AvgIpc) is 2.73. The molecule has 0 aromatic carbocycles. The monoisotopic (exact) mass is 247 g/mol. The van der Waals surface area contributed by atoms with Crippen molar-refractivity contribution in [2.24, 2.45) is 0 Å². The molecule has 2 aromatic heterocycles. The molecular formula is C13H17N3S. The quantitative estimate of drug-likeness (QED) is 0.902. The summed E-state index contributed by atoms with van der Waals surface area (Å²) in [5.74, 6) is 0. The third-order valence-corrected chi connectivity index (χ3v) is 3.48. The number of rotatable bonds is 4. The van der Waals surface area contributed by atoms with Crippen LogP contribution in [0.15, 0.2) is 18.3 Å². The molecule has 2 rings (SSSR count). The van der Waals surface area contributed by atoms with Gasteiger partial charge in [-0.1, -0.05) is 6.92 Å². The fourth-order valence-electron chi connectivity index (χ4n) is 1.73. The lowest BCUT2D eigenvalue weighted by Gasteiger charge is -2.00. The number of nitrogens with zero attached hydrogens (tertiary/aromatic N) is 2. The molecule has 1 N–H and O–H groups in total. The van der Waals surface area contributed by atoms with E-state index in [0.29, 0.717) is 0 Å². The zero-order valence-corrected chi connectivity index (χ0v) is 11.3. The molecule has 0 amide bonds. The van der Waals surface area contributed by atoms with Gasteiger partial charge in [-0.3, -0.25) is 4.98 Å². The first-order valence-corrected chi connectivity index (χ1v) is 6.61. The minimum atomic E-state index is 0.900. The van der Waals surface area contributed by atoms with Gasteiger partial charge in [0.25, 0.3) is 0 Å². The van der Waals surface area contributed by atoms with E-state index in [0.717, 1.165) is 29.5 Å². The minimum absolute atomic E-state index is 0.900. The van der Waals surface area contributed by atoms with Crippen molar-refractivity contribution in [1.82, 2.24) is 15.3 Å². The summed E-state index contributed by atoms with van der Waals surface area (Å²) in [4.78, 5) is 10.1. The second-order valence-corrected chi connectivity index (χ2v) is 5.17. The zero-order chi connectivity index (χ0) is 12.3. The van der Waals surface area contributed by atoms with Gasteiger partial charge in [-0.05, 0) is 32.5 Å². The van der Waals surface area contributed by atoms with Crippen LogP contribution in [0.5, 0.6) is 0 Å². The molecule has 2 aromatic rings. The van der Waals surface area contributed by atoms with Crippen LogP contribution in [0.1, 0.15) is 23.2 Å². The SMILES string of the molecule is CCNCc1cnc(-c2cc(C)nc(C)c2)s1. The van der Waals surface area contributed by atoms with Gasteiger partial charge in [0.1, 0.15) is 5.01 Å². The Hall–Kier alpha value is -1.26. The number of thiazole rings is 1. The van der Waals surface area contributed by atoms with Crippen molar-refractivity contribution in [2.45, 2.75) is 27.3 Å². The molecule has 0 fully saturated rings. The van der Waals surface area contributed by atoms with Crippen LogP contribution in [-0.4, -0.2) is 16.5 Å². The second kappa shape index (κ2) is 5.38. The van der Waals surface area contributed by atoms with Crippen molar-refractivity contribution in [3.63, 3.8) is 0 Å². The second-order valence-electron chi connectivity index (χ2n) is 4.05. The van der Waals surface area contributed by atoms with E-state index in [-0.39, 0.29) is 0 Å². The maximum Gasteiger partial charge on any atom is 0.123 e. The Morgan fingerprint density at radius 2 is 1.94 bits per heavy atom. The van der Waals surface area contributed by atoms with Crippen LogP contribution in [0.3, 0.4) is 0 Å². The Bertz CT molecular complexity index is 485. The van der Waals surface area contributed by atoms with Crippen molar-refractivity contribution in [1.29, 1.82) is 0 Å². The molecule has 2 heterocycles. The minimum Gasteiger partial charge on any atom is -0.312 e. The van der Waals surface area contributed by atoms with Crippen LogP contribution in [0, 0.1) is 13.8 Å². The van der Waals surface area contributed by atoms with E-state index in [1.807, 2.05) is 20.0 Å². The van der Waals surface area contributed by atoms with Crippen molar-refractivity contribution in [3.8, 4) is 10.6 Å². The van der Waals surface area contributed by atoms with Gasteiger partial charge >= 0.3 is 0 Å². The van der Waals surface area contributed by atoms with Gasteiger partial charge in [0.2, 0.25) is 0 Å². The van der Waals surface area contributed by atoms with Crippen LogP contribution < -0.4 is 5.32 Å². The maximum atomic E-state index is 4.47. The average molecular weight is 247 g/mol. The molecule has 0 aliphatic carbocycles. The molecule has 0 spiro atoms. The molecule has 0 aliphatic heterocycles. The number of hydrogen-bond acceptors (Lipinski definition) is 4. The summed E-state index contributed by atoms with van der Waals surface area (Å²) in [6, 6.07) is 4.17. The molecule has 3 nitrogen and oxygen atoms in total. The molecule has 0 aliphatic rings. The lowest BCUT2D eigenvalue weighted by molar-refractivity contribution is 0.734. The highest BCUT2D eigenvalue weighted by atomic mass is 32.1. The van der Waals surface area contributed by atoms with Gasteiger partial charge in [0, 0.05) is 34.6 Å². The van der Waals surface area contributed by atoms with E-state index in [9.17, 15) is 0 Å². The van der Waals surface area contributed by atoms with Gasteiger partial charge < -0.3 is 5.32 Å². The summed E-state index contributed by atoms with van der Waals surface area (Å²) < 4.78 is 0. The van der Waals surface area contributed by atoms with E-state index in [1.165, 1.54) is 10.4 Å². The van der Waals surface area contributed by atoms with Crippen LogP contribution >= 0.6 is 11.3 Å². The Kier molecular flexibility index (Phi) is 3.86. The molecular weight excluding hydrogens is 230 g/mol. The summed E-state index contributed by atoms with van der Waals surface area (Å²) in [6.07, 6.45) is 1.95. The first kappa shape index (κ1) is 12.2. The molecule has 0 saturated heterocycles. The van der Waals surface area contributed by atoms with Gasteiger partial charge in [0.15, 0.2) is 0 Å². The molecule has 0 unspecified atom stereocenters. The Balaban J connectivity index is 2.24. The van der Waals surface area contributed by atoms with Crippen molar-refractivity contribution in [3.05, 3.63) is 34.6 Å². The third-order valence-electron chi connectivity index (χ3n) is 2.43. The predicted molar refractivity (Wildman–Crippen MR) is 72.2 cm³/mol. The van der Waals surface area contributed by atoms with Crippen LogP contribution in [0.4, 0.5) is 0 Å². The lowest BCUT2D eigenvalue weighted by atomic mass is 10.2.